The van der Waals surface area contributed by atoms with E-state index in [4.69, 9.17) is 22.2 Å². The van der Waals surface area contributed by atoms with Gasteiger partial charge in [0.15, 0.2) is 5.11 Å². The predicted octanol–water partition coefficient (Wildman–Crippen LogP) is 5.54. The summed E-state index contributed by atoms with van der Waals surface area (Å²) in [6.07, 6.45) is -3.66. The lowest BCUT2D eigenvalue weighted by Gasteiger charge is -2.45. The Hall–Kier alpha value is -3.96. The lowest BCUT2D eigenvalue weighted by atomic mass is 9.84. The Labute approximate surface area is 266 Å². The molecule has 2 fully saturated rings. The molecule has 0 aliphatic carbocycles. The molecule has 0 spiro atoms. The van der Waals surface area contributed by atoms with Gasteiger partial charge in [0.1, 0.15) is 12.1 Å². The fourth-order valence-corrected chi connectivity index (χ4v) is 6.26. The summed E-state index contributed by atoms with van der Waals surface area (Å²) >= 11 is 5.64. The predicted molar refractivity (Wildman–Crippen MR) is 166 cm³/mol. The Morgan fingerprint density at radius 2 is 1.89 bits per heavy atom. The Bertz CT molecular complexity index is 1530. The van der Waals surface area contributed by atoms with E-state index in [1.807, 2.05) is 27.7 Å². The lowest BCUT2D eigenvalue weighted by Crippen LogP contribution is -2.59. The van der Waals surface area contributed by atoms with Gasteiger partial charge in [-0.05, 0) is 62.2 Å². The summed E-state index contributed by atoms with van der Waals surface area (Å²) in [7, 11) is 0. The quantitative estimate of drug-likeness (QED) is 0.388. The largest absolute Gasteiger partial charge is 0.476 e. The normalized spacial score (nSPS) is 19.2. The minimum Gasteiger partial charge on any atom is -0.476 e. The number of amides is 2. The van der Waals surface area contributed by atoms with Gasteiger partial charge in [0.25, 0.3) is 5.91 Å². The third-order valence-corrected chi connectivity index (χ3v) is 8.63. The highest BCUT2D eigenvalue weighted by Crippen LogP contribution is 2.40. The second kappa shape index (κ2) is 12.4. The zero-order chi connectivity index (χ0) is 33.5. The van der Waals surface area contributed by atoms with Gasteiger partial charge in [-0.2, -0.15) is 18.4 Å². The number of nitrogens with zero attached hydrogens (tertiary/aromatic N) is 6. The number of pyridine rings is 1. The molecule has 45 heavy (non-hydrogen) atoms. The summed E-state index contributed by atoms with van der Waals surface area (Å²) < 4.78 is 47.1. The molecular weight excluding hydrogens is 609 g/mol. The van der Waals surface area contributed by atoms with Crippen LogP contribution in [0.3, 0.4) is 0 Å². The number of carboxylic acid groups (broad SMARTS) is 1. The van der Waals surface area contributed by atoms with E-state index in [2.05, 4.69) is 9.88 Å². The van der Waals surface area contributed by atoms with Crippen molar-refractivity contribution in [3.63, 3.8) is 0 Å². The van der Waals surface area contributed by atoms with Crippen LogP contribution in [0, 0.1) is 16.7 Å². The number of nitriles is 1. The molecule has 4 rings (SSSR count). The summed E-state index contributed by atoms with van der Waals surface area (Å²) in [5.41, 5.74) is -2.04. The van der Waals surface area contributed by atoms with Gasteiger partial charge in [-0.1, -0.05) is 27.7 Å². The Kier molecular flexibility index (Phi) is 9.38. The molecule has 1 aromatic heterocycles. The molecule has 1 N–H and O–H groups in total. The second-order valence-corrected chi connectivity index (χ2v) is 13.0. The first-order valence-electron chi connectivity index (χ1n) is 14.6. The monoisotopic (exact) mass is 646 g/mol. The summed E-state index contributed by atoms with van der Waals surface area (Å²) in [6, 6.07) is 6.25. The van der Waals surface area contributed by atoms with Crippen LogP contribution in [0.5, 0.6) is 5.88 Å². The number of benzene rings is 1. The van der Waals surface area contributed by atoms with E-state index in [1.54, 1.807) is 30.9 Å². The van der Waals surface area contributed by atoms with Crippen LogP contribution in [0.1, 0.15) is 58.2 Å². The highest BCUT2D eigenvalue weighted by Gasteiger charge is 2.51. The Balaban J connectivity index is 1.52. The first-order chi connectivity index (χ1) is 20.9. The van der Waals surface area contributed by atoms with E-state index in [1.165, 1.54) is 17.2 Å². The maximum absolute atomic E-state index is 13.7. The van der Waals surface area contributed by atoms with E-state index < -0.39 is 34.8 Å². The van der Waals surface area contributed by atoms with Gasteiger partial charge in [-0.25, -0.2) is 9.78 Å². The Morgan fingerprint density at radius 1 is 1.20 bits per heavy atom. The van der Waals surface area contributed by atoms with Gasteiger partial charge in [0, 0.05) is 31.7 Å². The van der Waals surface area contributed by atoms with Gasteiger partial charge >= 0.3 is 12.3 Å². The molecule has 3 heterocycles. The molecule has 1 aromatic carbocycles. The standard InChI is InChI=1S/C31H37F3N6O4S/c1-7-19-14-22(17-36-25(19)44-13-12-37-10-11-38(28(42)43)24(18-37)29(2,3)4)40-27(45)39(26(41)30(40,5)6)21-9-8-20(16-35)23(15-21)31(32,33)34/h8-9,14-15,17,24H,7,10-13,18H2,1-6H3,(H,42,43). The molecule has 2 amide bonds. The number of carbonyl (C=O) groups is 2. The molecule has 0 radical (unpaired) electrons. The van der Waals surface area contributed by atoms with Gasteiger partial charge in [0.2, 0.25) is 5.88 Å². The van der Waals surface area contributed by atoms with Crippen LogP contribution in [-0.4, -0.2) is 81.4 Å². The molecule has 1 atom stereocenters. The second-order valence-electron chi connectivity index (χ2n) is 12.7. The number of anilines is 2. The third kappa shape index (κ3) is 6.69. The van der Waals surface area contributed by atoms with Crippen LogP contribution >= 0.6 is 12.2 Å². The van der Waals surface area contributed by atoms with Crippen molar-refractivity contribution in [2.75, 3.05) is 42.6 Å². The van der Waals surface area contributed by atoms with Crippen LogP contribution in [0.2, 0.25) is 0 Å². The van der Waals surface area contributed by atoms with Crippen molar-refractivity contribution in [1.29, 1.82) is 5.26 Å². The number of hydrogen-bond acceptors (Lipinski definition) is 7. The number of carbonyl (C=O) groups excluding carboxylic acids is 1. The number of thiocarbonyl (C=S) groups is 1. The van der Waals surface area contributed by atoms with Crippen molar-refractivity contribution in [2.24, 2.45) is 5.41 Å². The maximum Gasteiger partial charge on any atom is 0.417 e. The van der Waals surface area contributed by atoms with E-state index in [-0.39, 0.29) is 22.3 Å². The smallest absolute Gasteiger partial charge is 0.417 e. The van der Waals surface area contributed by atoms with E-state index in [9.17, 15) is 27.9 Å². The average Bonchev–Trinajstić information content (AvgIpc) is 3.14. The van der Waals surface area contributed by atoms with Crippen LogP contribution in [-0.2, 0) is 17.4 Å². The number of ether oxygens (including phenoxy) is 1. The maximum atomic E-state index is 13.7. The van der Waals surface area contributed by atoms with Crippen LogP contribution in [0.25, 0.3) is 0 Å². The number of hydrogen-bond donors (Lipinski definition) is 1. The number of halogens is 3. The van der Waals surface area contributed by atoms with Crippen molar-refractivity contribution in [1.82, 2.24) is 14.8 Å². The molecular formula is C31H37F3N6O4S. The molecule has 242 valence electrons. The molecule has 2 aliphatic rings. The SMILES string of the molecule is CCc1cc(N2C(=S)N(c3ccc(C#N)c(C(F)(F)F)c3)C(=O)C2(C)C)cnc1OCCN1CCN(C(=O)O)C(C(C)(C)C)C1. The van der Waals surface area contributed by atoms with E-state index in [0.29, 0.717) is 50.8 Å². The minimum absolute atomic E-state index is 0.0192. The van der Waals surface area contributed by atoms with E-state index >= 15 is 0 Å². The van der Waals surface area contributed by atoms with Crippen LogP contribution in [0.15, 0.2) is 30.5 Å². The van der Waals surface area contributed by atoms with Gasteiger partial charge in [0.05, 0.1) is 40.8 Å². The van der Waals surface area contributed by atoms with Crippen molar-refractivity contribution in [3.05, 3.63) is 47.2 Å². The molecule has 0 bridgehead atoms. The zero-order valence-corrected chi connectivity index (χ0v) is 26.9. The summed E-state index contributed by atoms with van der Waals surface area (Å²) in [4.78, 5) is 36.1. The topological polar surface area (TPSA) is 113 Å². The molecule has 10 nitrogen and oxygen atoms in total. The third-order valence-electron chi connectivity index (χ3n) is 8.26. The first-order valence-corrected chi connectivity index (χ1v) is 15.0. The number of rotatable bonds is 7. The Morgan fingerprint density at radius 3 is 2.47 bits per heavy atom. The first kappa shape index (κ1) is 33.9. The van der Waals surface area contributed by atoms with E-state index in [0.717, 1.165) is 22.6 Å². The van der Waals surface area contributed by atoms with Crippen molar-refractivity contribution < 1.29 is 32.6 Å². The van der Waals surface area contributed by atoms with Crippen molar-refractivity contribution >= 4 is 40.7 Å². The minimum atomic E-state index is -4.79. The fourth-order valence-electron chi connectivity index (χ4n) is 5.73. The zero-order valence-electron chi connectivity index (χ0n) is 26.1. The van der Waals surface area contributed by atoms with Crippen molar-refractivity contribution in [3.8, 4) is 11.9 Å². The van der Waals surface area contributed by atoms with Gasteiger partial charge in [-0.15, -0.1) is 0 Å². The average molecular weight is 647 g/mol. The fraction of sp³-hybridized carbons (Fsp3) is 0.516. The molecule has 14 heteroatoms. The molecule has 2 aliphatic heterocycles. The highest BCUT2D eigenvalue weighted by molar-refractivity contribution is 7.81. The van der Waals surface area contributed by atoms with Gasteiger partial charge < -0.3 is 19.6 Å². The summed E-state index contributed by atoms with van der Waals surface area (Å²) in [5.74, 6) is -0.119. The molecule has 1 unspecified atom stereocenters. The molecule has 2 aromatic rings. The summed E-state index contributed by atoms with van der Waals surface area (Å²) in [5, 5.41) is 18.8. The number of piperazine rings is 1. The number of alkyl halides is 3. The highest BCUT2D eigenvalue weighted by atomic mass is 32.1. The van der Waals surface area contributed by atoms with Crippen molar-refractivity contribution in [2.45, 2.75) is 65.7 Å². The van der Waals surface area contributed by atoms with Crippen LogP contribution < -0.4 is 14.5 Å². The molecule has 2 saturated heterocycles. The van der Waals surface area contributed by atoms with Gasteiger partial charge in [-0.3, -0.25) is 14.6 Å². The number of aromatic nitrogens is 1. The van der Waals surface area contributed by atoms with Crippen LogP contribution in [0.4, 0.5) is 29.3 Å². The summed E-state index contributed by atoms with van der Waals surface area (Å²) in [6.45, 7) is 13.7. The lowest BCUT2D eigenvalue weighted by molar-refractivity contribution is -0.137. The molecule has 0 saturated carbocycles. The number of aryl methyl sites for hydroxylation is 1.